The fourth-order valence-electron chi connectivity index (χ4n) is 2.43. The minimum atomic E-state index is -0.666. The van der Waals surface area contributed by atoms with Crippen LogP contribution in [-0.4, -0.2) is 36.9 Å². The van der Waals surface area contributed by atoms with Crippen LogP contribution in [0.1, 0.15) is 59.8 Å². The van der Waals surface area contributed by atoms with Gasteiger partial charge in [0, 0.05) is 11.6 Å². The Kier molecular flexibility index (Phi) is 13.8. The van der Waals surface area contributed by atoms with Crippen molar-refractivity contribution in [2.24, 2.45) is 0 Å². The fraction of sp³-hybridized carbons (Fsp3) is 0.619. The van der Waals surface area contributed by atoms with Gasteiger partial charge < -0.3 is 23.7 Å². The van der Waals surface area contributed by atoms with Crippen LogP contribution in [0.2, 0.25) is 0 Å². The summed E-state index contributed by atoms with van der Waals surface area (Å²) in [5, 5.41) is 0. The molecule has 0 saturated heterocycles. The molecule has 7 nitrogen and oxygen atoms in total. The second-order valence-corrected chi connectivity index (χ2v) is 6.36. The van der Waals surface area contributed by atoms with Crippen LogP contribution < -0.4 is 0 Å². The van der Waals surface area contributed by atoms with Crippen LogP contribution in [0.15, 0.2) is 37.6 Å². The molecule has 3 unspecified atom stereocenters. The first-order valence-corrected chi connectivity index (χ1v) is 9.46. The summed E-state index contributed by atoms with van der Waals surface area (Å²) in [6.07, 6.45) is 6.84. The van der Waals surface area contributed by atoms with Crippen LogP contribution in [0.25, 0.3) is 0 Å². The van der Waals surface area contributed by atoms with Crippen molar-refractivity contribution < 1.29 is 33.3 Å². The lowest BCUT2D eigenvalue weighted by molar-refractivity contribution is -0.212. The molecule has 160 valence electrons. The summed E-state index contributed by atoms with van der Waals surface area (Å²) in [5.41, 5.74) is 0.411. The van der Waals surface area contributed by atoms with Crippen molar-refractivity contribution in [3.63, 3.8) is 0 Å². The summed E-state index contributed by atoms with van der Waals surface area (Å²) < 4.78 is 25.3. The van der Waals surface area contributed by atoms with E-state index in [0.717, 1.165) is 18.9 Å². The maximum Gasteiger partial charge on any atom is 0.335 e. The Morgan fingerprint density at radius 3 is 2.07 bits per heavy atom. The molecule has 1 saturated carbocycles. The van der Waals surface area contributed by atoms with Gasteiger partial charge in [-0.3, -0.25) is 0 Å². The van der Waals surface area contributed by atoms with Gasteiger partial charge in [0.05, 0.1) is 12.4 Å². The van der Waals surface area contributed by atoms with Gasteiger partial charge in [-0.15, -0.1) is 0 Å². The average molecular weight is 398 g/mol. The van der Waals surface area contributed by atoms with E-state index < -0.39 is 24.8 Å². The van der Waals surface area contributed by atoms with Crippen LogP contribution in [0.4, 0.5) is 0 Å². The Labute approximate surface area is 168 Å². The number of ether oxygens (including phenoxy) is 5. The van der Waals surface area contributed by atoms with Gasteiger partial charge in [-0.05, 0) is 40.5 Å². The zero-order chi connectivity index (χ0) is 21.5. The summed E-state index contributed by atoms with van der Waals surface area (Å²) in [6.45, 7) is 16.8. The van der Waals surface area contributed by atoms with Crippen molar-refractivity contribution in [1.29, 1.82) is 0 Å². The van der Waals surface area contributed by atoms with E-state index in [0.29, 0.717) is 5.57 Å². The average Bonchev–Trinajstić information content (AvgIpc) is 2.62. The van der Waals surface area contributed by atoms with Gasteiger partial charge in [0.1, 0.15) is 0 Å². The van der Waals surface area contributed by atoms with E-state index in [9.17, 15) is 9.59 Å². The molecule has 0 N–H and O–H groups in total. The smallest absolute Gasteiger partial charge is 0.335 e. The molecule has 3 atom stereocenters. The summed E-state index contributed by atoms with van der Waals surface area (Å²) >= 11 is 0. The number of carbonyl (C=O) groups excluding carboxylic acids is 2. The van der Waals surface area contributed by atoms with Gasteiger partial charge >= 0.3 is 11.9 Å². The Morgan fingerprint density at radius 2 is 1.57 bits per heavy atom. The predicted octanol–water partition coefficient (Wildman–Crippen LogP) is 4.39. The minimum absolute atomic E-state index is 0.256. The van der Waals surface area contributed by atoms with E-state index in [1.807, 2.05) is 0 Å². The standard InChI is InChI=1S/C12H20O3.C9H14O4/c1-9(2)12(13)15-10(3)14-11-7-5-4-6-8-11;1-5-9(10)13-8(4)12-7(3)11-6-2/h10-11H,1,4-8H2,2-3H3;5-8H,1-2H2,3-4H3. The van der Waals surface area contributed by atoms with Crippen molar-refractivity contribution in [3.05, 3.63) is 37.6 Å². The molecule has 0 bridgehead atoms. The highest BCUT2D eigenvalue weighted by molar-refractivity contribution is 5.86. The number of esters is 2. The van der Waals surface area contributed by atoms with Crippen LogP contribution in [0.5, 0.6) is 0 Å². The maximum absolute atomic E-state index is 11.2. The molecule has 1 aliphatic carbocycles. The van der Waals surface area contributed by atoms with Crippen LogP contribution in [0, 0.1) is 0 Å². The van der Waals surface area contributed by atoms with Gasteiger partial charge in [0.25, 0.3) is 0 Å². The predicted molar refractivity (Wildman–Crippen MR) is 106 cm³/mol. The topological polar surface area (TPSA) is 80.3 Å². The molecule has 0 spiro atoms. The van der Waals surface area contributed by atoms with Gasteiger partial charge in [0.2, 0.25) is 12.6 Å². The third kappa shape index (κ3) is 13.1. The van der Waals surface area contributed by atoms with Gasteiger partial charge in [-0.25, -0.2) is 9.59 Å². The fourth-order valence-corrected chi connectivity index (χ4v) is 2.43. The highest BCUT2D eigenvalue weighted by atomic mass is 16.8. The van der Waals surface area contributed by atoms with Crippen molar-refractivity contribution in [2.45, 2.75) is 84.8 Å². The zero-order valence-electron chi connectivity index (χ0n) is 17.5. The molecule has 7 heteroatoms. The number of hydrogen-bond acceptors (Lipinski definition) is 7. The Hall–Kier alpha value is -2.12. The molecular weight excluding hydrogens is 364 g/mol. The molecule has 1 fully saturated rings. The molecule has 28 heavy (non-hydrogen) atoms. The zero-order valence-corrected chi connectivity index (χ0v) is 17.5. The van der Waals surface area contributed by atoms with Crippen LogP contribution in [0.3, 0.4) is 0 Å². The Balaban J connectivity index is 0.000000528. The molecule has 0 aliphatic heterocycles. The molecule has 0 radical (unpaired) electrons. The van der Waals surface area contributed by atoms with Gasteiger partial charge in [0.15, 0.2) is 6.29 Å². The van der Waals surface area contributed by atoms with Crippen molar-refractivity contribution in [1.82, 2.24) is 0 Å². The van der Waals surface area contributed by atoms with E-state index in [2.05, 4.69) is 19.7 Å². The summed E-state index contributed by atoms with van der Waals surface area (Å²) in [5.74, 6) is -0.906. The minimum Gasteiger partial charge on any atom is -0.473 e. The first-order valence-electron chi connectivity index (χ1n) is 9.46. The Morgan fingerprint density at radius 1 is 0.964 bits per heavy atom. The van der Waals surface area contributed by atoms with E-state index in [1.54, 1.807) is 27.7 Å². The molecule has 0 heterocycles. The molecule has 0 aromatic heterocycles. The molecule has 0 aromatic rings. The quantitative estimate of drug-likeness (QED) is 0.234. The summed E-state index contributed by atoms with van der Waals surface area (Å²) in [4.78, 5) is 21.9. The van der Waals surface area contributed by atoms with Crippen molar-refractivity contribution in [2.75, 3.05) is 0 Å². The lowest BCUT2D eigenvalue weighted by Gasteiger charge is -2.25. The SMILES string of the molecule is C=C(C)C(=O)OC(C)OC1CCCCC1.C=COC(C)OC(C)OC(=O)C=C. The van der Waals surface area contributed by atoms with E-state index in [-0.39, 0.29) is 12.1 Å². The number of carbonyl (C=O) groups is 2. The summed E-state index contributed by atoms with van der Waals surface area (Å²) in [6, 6.07) is 0. The second-order valence-electron chi connectivity index (χ2n) is 6.36. The lowest BCUT2D eigenvalue weighted by atomic mass is 9.98. The van der Waals surface area contributed by atoms with E-state index >= 15 is 0 Å². The van der Waals surface area contributed by atoms with E-state index in [4.69, 9.17) is 23.7 Å². The van der Waals surface area contributed by atoms with Gasteiger partial charge in [-0.1, -0.05) is 39.0 Å². The molecular formula is C21H34O7. The summed E-state index contributed by atoms with van der Waals surface area (Å²) in [7, 11) is 0. The first kappa shape index (κ1) is 25.9. The highest BCUT2D eigenvalue weighted by Gasteiger charge is 2.18. The molecule has 1 rings (SSSR count). The maximum atomic E-state index is 11.2. The first-order chi connectivity index (χ1) is 13.2. The van der Waals surface area contributed by atoms with Crippen LogP contribution >= 0.6 is 0 Å². The number of rotatable bonds is 10. The third-order valence-corrected chi connectivity index (χ3v) is 3.68. The molecule has 0 amide bonds. The van der Waals surface area contributed by atoms with Crippen molar-refractivity contribution in [3.8, 4) is 0 Å². The molecule has 0 aromatic carbocycles. The lowest BCUT2D eigenvalue weighted by Crippen LogP contribution is -2.26. The number of hydrogen-bond donors (Lipinski definition) is 0. The molecule has 1 aliphatic rings. The monoisotopic (exact) mass is 398 g/mol. The second kappa shape index (κ2) is 14.9. The highest BCUT2D eigenvalue weighted by Crippen LogP contribution is 2.21. The van der Waals surface area contributed by atoms with Crippen LogP contribution in [-0.2, 0) is 33.3 Å². The van der Waals surface area contributed by atoms with Crippen molar-refractivity contribution >= 4 is 11.9 Å². The normalized spacial score (nSPS) is 17.0. The van der Waals surface area contributed by atoms with Gasteiger partial charge in [-0.2, -0.15) is 0 Å². The third-order valence-electron chi connectivity index (χ3n) is 3.68. The van der Waals surface area contributed by atoms with E-state index in [1.165, 1.54) is 25.5 Å². The largest absolute Gasteiger partial charge is 0.473 e. The Bertz CT molecular complexity index is 509.